The van der Waals surface area contributed by atoms with Crippen LogP contribution in [0.25, 0.3) is 0 Å². The molecule has 1 saturated heterocycles. The summed E-state index contributed by atoms with van der Waals surface area (Å²) in [6.07, 6.45) is 0.881. The normalized spacial score (nSPS) is 17.3. The van der Waals surface area contributed by atoms with E-state index in [0.29, 0.717) is 42.9 Å². The second-order valence-electron chi connectivity index (χ2n) is 6.55. The molecule has 1 aromatic carbocycles. The lowest BCUT2D eigenvalue weighted by Gasteiger charge is -2.32. The van der Waals surface area contributed by atoms with Crippen molar-refractivity contribution >= 4 is 23.4 Å². The Balaban J connectivity index is 2.05. The molecule has 7 nitrogen and oxygen atoms in total. The van der Waals surface area contributed by atoms with Gasteiger partial charge in [0.15, 0.2) is 11.5 Å². The summed E-state index contributed by atoms with van der Waals surface area (Å²) in [5.74, 6) is 2.34. The number of rotatable bonds is 6. The Morgan fingerprint density at radius 2 is 1.89 bits per heavy atom. The summed E-state index contributed by atoms with van der Waals surface area (Å²) in [6, 6.07) is 5.56. The maximum Gasteiger partial charge on any atom is 0.222 e. The molecule has 1 aliphatic heterocycles. The topological polar surface area (TPSA) is 82.7 Å². The fraction of sp³-hybridized carbons (Fsp3) is 0.500. The van der Waals surface area contributed by atoms with Crippen molar-refractivity contribution in [1.29, 1.82) is 0 Å². The minimum atomic E-state index is -0.126. The molecule has 2 aromatic rings. The molecular weight excluding hydrogens is 380 g/mol. The predicted molar refractivity (Wildman–Crippen MR) is 110 cm³/mol. The summed E-state index contributed by atoms with van der Waals surface area (Å²) in [6.45, 7) is 8.79. The van der Waals surface area contributed by atoms with Gasteiger partial charge < -0.3 is 24.8 Å². The molecule has 3 rings (SSSR count). The Labute approximate surface area is 170 Å². The van der Waals surface area contributed by atoms with Crippen LogP contribution in [0.3, 0.4) is 0 Å². The molecule has 2 N–H and O–H groups in total. The van der Waals surface area contributed by atoms with E-state index < -0.39 is 0 Å². The van der Waals surface area contributed by atoms with Crippen LogP contribution in [0.4, 0.5) is 11.8 Å². The minimum absolute atomic E-state index is 0.126. The Kier molecular flexibility index (Phi) is 6.80. The smallest absolute Gasteiger partial charge is 0.222 e. The molecule has 8 heteroatoms. The Morgan fingerprint density at radius 1 is 1.18 bits per heavy atom. The number of aromatic nitrogens is 2. The maximum absolute atomic E-state index is 6.66. The van der Waals surface area contributed by atoms with Gasteiger partial charge in [0.2, 0.25) is 5.95 Å². The third kappa shape index (κ3) is 4.59. The van der Waals surface area contributed by atoms with Gasteiger partial charge in [-0.1, -0.05) is 11.6 Å². The van der Waals surface area contributed by atoms with Gasteiger partial charge in [0.25, 0.3) is 0 Å². The number of hydrogen-bond acceptors (Lipinski definition) is 7. The second kappa shape index (κ2) is 9.30. The Morgan fingerprint density at radius 3 is 2.57 bits per heavy atom. The molecule has 1 unspecified atom stereocenters. The van der Waals surface area contributed by atoms with Gasteiger partial charge in [0, 0.05) is 36.0 Å². The van der Waals surface area contributed by atoms with Crippen LogP contribution in [0.1, 0.15) is 37.6 Å². The molecule has 1 atom stereocenters. The molecule has 1 aliphatic rings. The van der Waals surface area contributed by atoms with Crippen molar-refractivity contribution in [2.24, 2.45) is 0 Å². The number of anilines is 2. The van der Waals surface area contributed by atoms with Crippen LogP contribution >= 0.6 is 11.6 Å². The number of nitrogens with zero attached hydrogens (tertiary/aromatic N) is 3. The van der Waals surface area contributed by atoms with Crippen molar-refractivity contribution in [1.82, 2.24) is 9.97 Å². The van der Waals surface area contributed by atoms with Gasteiger partial charge in [-0.3, -0.25) is 0 Å². The van der Waals surface area contributed by atoms with Crippen molar-refractivity contribution in [2.45, 2.75) is 33.2 Å². The highest BCUT2D eigenvalue weighted by atomic mass is 35.5. The van der Waals surface area contributed by atoms with Gasteiger partial charge in [-0.2, -0.15) is 4.98 Å². The van der Waals surface area contributed by atoms with Crippen molar-refractivity contribution in [3.05, 3.63) is 34.5 Å². The van der Waals surface area contributed by atoms with Crippen LogP contribution in [0.5, 0.6) is 11.5 Å². The maximum atomic E-state index is 6.66. The zero-order valence-corrected chi connectivity index (χ0v) is 17.3. The highest BCUT2D eigenvalue weighted by Crippen LogP contribution is 2.40. The van der Waals surface area contributed by atoms with Crippen LogP contribution < -0.4 is 20.1 Å². The largest absolute Gasteiger partial charge is 0.490 e. The molecule has 0 bridgehead atoms. The molecule has 1 aromatic heterocycles. The average Bonchev–Trinajstić information content (AvgIpc) is 2.89. The quantitative estimate of drug-likeness (QED) is 0.781. The Hall–Kier alpha value is -2.25. The molecule has 0 saturated carbocycles. The van der Waals surface area contributed by atoms with Gasteiger partial charge in [-0.05, 0) is 38.8 Å². The first-order valence-corrected chi connectivity index (χ1v) is 9.95. The van der Waals surface area contributed by atoms with Crippen LogP contribution in [0.2, 0.25) is 5.02 Å². The first kappa shape index (κ1) is 20.5. The lowest BCUT2D eigenvalue weighted by Crippen LogP contribution is -2.32. The van der Waals surface area contributed by atoms with Crippen LogP contribution in [-0.4, -0.2) is 42.9 Å². The van der Waals surface area contributed by atoms with E-state index in [4.69, 9.17) is 31.5 Å². The highest BCUT2D eigenvalue weighted by molar-refractivity contribution is 6.31. The summed E-state index contributed by atoms with van der Waals surface area (Å²) < 4.78 is 17.3. The van der Waals surface area contributed by atoms with E-state index in [0.717, 1.165) is 30.0 Å². The van der Waals surface area contributed by atoms with E-state index in [1.165, 1.54) is 0 Å². The molecule has 152 valence electrons. The Bertz CT molecular complexity index is 798. The van der Waals surface area contributed by atoms with E-state index in [-0.39, 0.29) is 12.0 Å². The molecule has 2 heterocycles. The molecule has 28 heavy (non-hydrogen) atoms. The SMILES string of the molecule is CCOc1cc(Cl)c(C2COCCCN2c2cc(C)nc(N)n2)cc1OCC. The third-order valence-electron chi connectivity index (χ3n) is 4.51. The number of ether oxygens (including phenoxy) is 3. The number of hydrogen-bond donors (Lipinski definition) is 1. The monoisotopic (exact) mass is 406 g/mol. The van der Waals surface area contributed by atoms with Gasteiger partial charge in [-0.15, -0.1) is 0 Å². The third-order valence-corrected chi connectivity index (χ3v) is 4.84. The zero-order valence-electron chi connectivity index (χ0n) is 16.6. The molecule has 0 radical (unpaired) electrons. The van der Waals surface area contributed by atoms with E-state index in [2.05, 4.69) is 14.9 Å². The summed E-state index contributed by atoms with van der Waals surface area (Å²) in [5.41, 5.74) is 7.62. The standard InChI is InChI=1S/C20H27ClN4O3/c1-4-27-17-10-14(15(21)11-18(17)28-5-2)16-12-26-8-6-7-25(16)19-9-13(3)23-20(22)24-19/h9-11,16H,4-8,12H2,1-3H3,(H2,22,23,24). The number of halogens is 1. The summed E-state index contributed by atoms with van der Waals surface area (Å²) in [4.78, 5) is 10.8. The zero-order chi connectivity index (χ0) is 20.1. The molecular formula is C20H27ClN4O3. The van der Waals surface area contributed by atoms with Crippen molar-refractivity contribution in [2.75, 3.05) is 43.6 Å². The van der Waals surface area contributed by atoms with Crippen molar-refractivity contribution in [3.63, 3.8) is 0 Å². The van der Waals surface area contributed by atoms with Gasteiger partial charge >= 0.3 is 0 Å². The van der Waals surface area contributed by atoms with Gasteiger partial charge in [-0.25, -0.2) is 4.98 Å². The first-order chi connectivity index (χ1) is 13.5. The van der Waals surface area contributed by atoms with E-state index in [9.17, 15) is 0 Å². The van der Waals surface area contributed by atoms with Gasteiger partial charge in [0.1, 0.15) is 5.82 Å². The number of nitrogens with two attached hydrogens (primary N) is 1. The van der Waals surface area contributed by atoms with Crippen molar-refractivity contribution in [3.8, 4) is 11.5 Å². The highest BCUT2D eigenvalue weighted by Gasteiger charge is 2.28. The molecule has 1 fully saturated rings. The second-order valence-corrected chi connectivity index (χ2v) is 6.96. The summed E-state index contributed by atoms with van der Waals surface area (Å²) in [7, 11) is 0. The first-order valence-electron chi connectivity index (χ1n) is 9.58. The molecule has 0 amide bonds. The molecule has 0 aliphatic carbocycles. The fourth-order valence-corrected chi connectivity index (χ4v) is 3.65. The molecule has 0 spiro atoms. The number of benzene rings is 1. The lowest BCUT2D eigenvalue weighted by molar-refractivity contribution is 0.134. The van der Waals surface area contributed by atoms with E-state index in [1.807, 2.05) is 39.0 Å². The number of nitrogen functional groups attached to an aromatic ring is 1. The van der Waals surface area contributed by atoms with Crippen LogP contribution in [0.15, 0.2) is 18.2 Å². The summed E-state index contributed by atoms with van der Waals surface area (Å²) >= 11 is 6.66. The van der Waals surface area contributed by atoms with Crippen LogP contribution in [0, 0.1) is 6.92 Å². The van der Waals surface area contributed by atoms with Crippen LogP contribution in [-0.2, 0) is 4.74 Å². The fourth-order valence-electron chi connectivity index (χ4n) is 3.37. The minimum Gasteiger partial charge on any atom is -0.490 e. The van der Waals surface area contributed by atoms with Gasteiger partial charge in [0.05, 0.1) is 25.9 Å². The lowest BCUT2D eigenvalue weighted by atomic mass is 10.0. The van der Waals surface area contributed by atoms with E-state index in [1.54, 1.807) is 0 Å². The van der Waals surface area contributed by atoms with E-state index >= 15 is 0 Å². The summed E-state index contributed by atoms with van der Waals surface area (Å²) in [5, 5.41) is 0.603. The average molecular weight is 407 g/mol. The number of aryl methyl sites for hydroxylation is 1. The predicted octanol–water partition coefficient (Wildman–Crippen LogP) is 3.79. The van der Waals surface area contributed by atoms with Crippen molar-refractivity contribution < 1.29 is 14.2 Å².